The monoisotopic (exact) mass is 285 g/mol. The van der Waals surface area contributed by atoms with Gasteiger partial charge in [0.1, 0.15) is 5.75 Å². The maximum atomic E-state index is 11.3. The van der Waals surface area contributed by atoms with Gasteiger partial charge in [0.05, 0.1) is 11.9 Å². The van der Waals surface area contributed by atoms with Gasteiger partial charge in [-0.05, 0) is 31.5 Å². The van der Waals surface area contributed by atoms with Crippen molar-refractivity contribution in [3.8, 4) is 5.75 Å². The highest BCUT2D eigenvalue weighted by Gasteiger charge is 2.06. The Labute approximate surface area is 116 Å². The van der Waals surface area contributed by atoms with Gasteiger partial charge >= 0.3 is 0 Å². The molecule has 0 saturated heterocycles. The molecule has 4 nitrogen and oxygen atoms in total. The number of nitrogens with one attached hydrogen (secondary N) is 1. The van der Waals surface area contributed by atoms with Crippen molar-refractivity contribution < 1.29 is 13.2 Å². The molecule has 19 heavy (non-hydrogen) atoms. The number of hydrogen-bond donors (Lipinski definition) is 1. The molecule has 0 aliphatic rings. The van der Waals surface area contributed by atoms with E-state index in [4.69, 9.17) is 4.74 Å². The Kier molecular flexibility index (Phi) is 6.31. The van der Waals surface area contributed by atoms with E-state index in [1.54, 1.807) is 6.92 Å². The Balaban J connectivity index is 2.34. The van der Waals surface area contributed by atoms with Crippen LogP contribution in [0.15, 0.2) is 24.3 Å². The summed E-state index contributed by atoms with van der Waals surface area (Å²) in [6.07, 6.45) is 0.170. The number of rotatable bonds is 8. The summed E-state index contributed by atoms with van der Waals surface area (Å²) in [7, 11) is -2.88. The molecule has 1 aromatic carbocycles. The predicted molar refractivity (Wildman–Crippen MR) is 78.2 cm³/mol. The van der Waals surface area contributed by atoms with Gasteiger partial charge in [0.15, 0.2) is 9.84 Å². The Morgan fingerprint density at radius 1 is 1.21 bits per heavy atom. The minimum Gasteiger partial charge on any atom is -0.491 e. The summed E-state index contributed by atoms with van der Waals surface area (Å²) in [5, 5.41) is 3.13. The van der Waals surface area contributed by atoms with Gasteiger partial charge in [-0.25, -0.2) is 8.42 Å². The van der Waals surface area contributed by atoms with E-state index in [1.807, 2.05) is 38.1 Å². The highest BCUT2D eigenvalue weighted by Crippen LogP contribution is 2.13. The van der Waals surface area contributed by atoms with Crippen LogP contribution in [0.4, 0.5) is 0 Å². The first-order valence-electron chi connectivity index (χ1n) is 6.59. The Morgan fingerprint density at radius 3 is 2.37 bits per heavy atom. The summed E-state index contributed by atoms with van der Waals surface area (Å²) < 4.78 is 28.2. The zero-order chi connectivity index (χ0) is 14.3. The summed E-state index contributed by atoms with van der Waals surface area (Å²) in [6.45, 7) is 6.80. The van der Waals surface area contributed by atoms with Gasteiger partial charge in [0.2, 0.25) is 0 Å². The predicted octanol–water partition coefficient (Wildman–Crippen LogP) is 2.00. The number of ether oxygens (including phenoxy) is 1. The zero-order valence-electron chi connectivity index (χ0n) is 11.8. The molecule has 0 aliphatic carbocycles. The first kappa shape index (κ1) is 16.0. The lowest BCUT2D eigenvalue weighted by molar-refractivity contribution is 0.242. The normalized spacial score (nSPS) is 11.8. The van der Waals surface area contributed by atoms with Gasteiger partial charge < -0.3 is 10.1 Å². The maximum Gasteiger partial charge on any atom is 0.151 e. The fourth-order valence-corrected chi connectivity index (χ4v) is 2.31. The molecule has 0 bridgehead atoms. The summed E-state index contributed by atoms with van der Waals surface area (Å²) in [4.78, 5) is 0. The van der Waals surface area contributed by atoms with E-state index < -0.39 is 9.84 Å². The topological polar surface area (TPSA) is 55.4 Å². The smallest absolute Gasteiger partial charge is 0.151 e. The molecular formula is C14H23NO3S. The first-order valence-corrected chi connectivity index (χ1v) is 8.42. The second-order valence-corrected chi connectivity index (χ2v) is 7.20. The fraction of sp³-hybridized carbons (Fsp3) is 0.571. The van der Waals surface area contributed by atoms with Crippen LogP contribution in [0.1, 0.15) is 26.3 Å². The molecule has 5 heteroatoms. The molecule has 0 saturated carbocycles. The van der Waals surface area contributed by atoms with E-state index in [0.717, 1.165) is 11.3 Å². The largest absolute Gasteiger partial charge is 0.491 e. The van der Waals surface area contributed by atoms with Gasteiger partial charge in [-0.3, -0.25) is 0 Å². The van der Waals surface area contributed by atoms with Crippen LogP contribution in [0.3, 0.4) is 0 Å². The number of benzene rings is 1. The van der Waals surface area contributed by atoms with Crippen molar-refractivity contribution in [3.05, 3.63) is 29.8 Å². The van der Waals surface area contributed by atoms with Crippen molar-refractivity contribution in [3.63, 3.8) is 0 Å². The lowest BCUT2D eigenvalue weighted by Crippen LogP contribution is -2.23. The van der Waals surface area contributed by atoms with Gasteiger partial charge in [-0.1, -0.05) is 19.1 Å². The SMILES string of the molecule is CCS(=O)(=O)CCNCc1ccc(OC(C)C)cc1. The lowest BCUT2D eigenvalue weighted by atomic mass is 10.2. The van der Waals surface area contributed by atoms with Crippen LogP contribution in [-0.2, 0) is 16.4 Å². The zero-order valence-corrected chi connectivity index (χ0v) is 12.7. The molecule has 0 spiro atoms. The van der Waals surface area contributed by atoms with Gasteiger partial charge in [0, 0.05) is 18.8 Å². The Hall–Kier alpha value is -1.07. The maximum absolute atomic E-state index is 11.3. The molecule has 0 aromatic heterocycles. The van der Waals surface area contributed by atoms with E-state index in [9.17, 15) is 8.42 Å². The molecule has 1 aromatic rings. The molecule has 0 aliphatic heterocycles. The minimum absolute atomic E-state index is 0.170. The summed E-state index contributed by atoms with van der Waals surface area (Å²) in [5.41, 5.74) is 1.12. The molecule has 0 atom stereocenters. The van der Waals surface area contributed by atoms with Crippen LogP contribution < -0.4 is 10.1 Å². The first-order chi connectivity index (χ1) is 8.93. The summed E-state index contributed by atoms with van der Waals surface area (Å²) in [5.74, 6) is 1.25. The fourth-order valence-electron chi connectivity index (χ4n) is 1.56. The van der Waals surface area contributed by atoms with E-state index in [-0.39, 0.29) is 17.6 Å². The van der Waals surface area contributed by atoms with Crippen LogP contribution >= 0.6 is 0 Å². The number of sulfone groups is 1. The molecule has 108 valence electrons. The minimum atomic E-state index is -2.88. The van der Waals surface area contributed by atoms with E-state index in [0.29, 0.717) is 13.1 Å². The van der Waals surface area contributed by atoms with Crippen LogP contribution in [0.25, 0.3) is 0 Å². The van der Waals surface area contributed by atoms with Gasteiger partial charge in [0.25, 0.3) is 0 Å². The summed E-state index contributed by atoms with van der Waals surface area (Å²) in [6, 6.07) is 7.83. The van der Waals surface area contributed by atoms with Crippen molar-refractivity contribution in [2.24, 2.45) is 0 Å². The highest BCUT2D eigenvalue weighted by atomic mass is 32.2. The highest BCUT2D eigenvalue weighted by molar-refractivity contribution is 7.91. The molecule has 0 amide bonds. The second kappa shape index (κ2) is 7.50. The van der Waals surface area contributed by atoms with E-state index >= 15 is 0 Å². The van der Waals surface area contributed by atoms with Crippen molar-refractivity contribution >= 4 is 9.84 Å². The Bertz CT molecular complexity index is 466. The van der Waals surface area contributed by atoms with Crippen molar-refractivity contribution in [1.29, 1.82) is 0 Å². The molecule has 1 N–H and O–H groups in total. The average Bonchev–Trinajstić information content (AvgIpc) is 2.36. The van der Waals surface area contributed by atoms with Crippen LogP contribution in [0, 0.1) is 0 Å². The Morgan fingerprint density at radius 2 is 1.84 bits per heavy atom. The third-order valence-corrected chi connectivity index (χ3v) is 4.36. The summed E-state index contributed by atoms with van der Waals surface area (Å²) >= 11 is 0. The average molecular weight is 285 g/mol. The third kappa shape index (κ3) is 6.59. The van der Waals surface area contributed by atoms with Crippen LogP contribution in [-0.4, -0.2) is 32.6 Å². The molecule has 0 heterocycles. The van der Waals surface area contributed by atoms with Crippen molar-refractivity contribution in [1.82, 2.24) is 5.32 Å². The molecule has 1 rings (SSSR count). The quantitative estimate of drug-likeness (QED) is 0.742. The van der Waals surface area contributed by atoms with Gasteiger partial charge in [-0.2, -0.15) is 0 Å². The lowest BCUT2D eigenvalue weighted by Gasteiger charge is -2.10. The third-order valence-electron chi connectivity index (χ3n) is 2.65. The molecule has 0 radical (unpaired) electrons. The molecule has 0 fully saturated rings. The van der Waals surface area contributed by atoms with Crippen LogP contribution in [0.2, 0.25) is 0 Å². The number of hydrogen-bond acceptors (Lipinski definition) is 4. The second-order valence-electron chi connectivity index (χ2n) is 4.72. The van der Waals surface area contributed by atoms with E-state index in [1.165, 1.54) is 0 Å². The molecular weight excluding hydrogens is 262 g/mol. The van der Waals surface area contributed by atoms with Gasteiger partial charge in [-0.15, -0.1) is 0 Å². The van der Waals surface area contributed by atoms with Crippen molar-refractivity contribution in [2.75, 3.05) is 18.1 Å². The standard InChI is InChI=1S/C14H23NO3S/c1-4-19(16,17)10-9-15-11-13-5-7-14(8-6-13)18-12(2)3/h5-8,12,15H,4,9-11H2,1-3H3. The van der Waals surface area contributed by atoms with Crippen LogP contribution in [0.5, 0.6) is 5.75 Å². The van der Waals surface area contributed by atoms with Crippen molar-refractivity contribution in [2.45, 2.75) is 33.4 Å². The molecule has 0 unspecified atom stereocenters. The van der Waals surface area contributed by atoms with E-state index in [2.05, 4.69) is 5.32 Å².